The number of para-hydroxylation sites is 2. The van der Waals surface area contributed by atoms with Gasteiger partial charge in [0, 0.05) is 53.0 Å². The molecule has 1 spiro atoms. The number of nitrogens with zero attached hydrogens (tertiary/aromatic N) is 3. The Balaban J connectivity index is 0.949. The van der Waals surface area contributed by atoms with Crippen LogP contribution in [0, 0.1) is 0 Å². The Hall–Kier alpha value is -8.61. The van der Waals surface area contributed by atoms with Crippen LogP contribution in [0.4, 0.5) is 22.7 Å². The van der Waals surface area contributed by atoms with Gasteiger partial charge in [0.25, 0.3) is 0 Å². The molecule has 3 heterocycles. The van der Waals surface area contributed by atoms with Crippen molar-refractivity contribution >= 4 is 62.2 Å². The molecule has 5 nitrogen and oxygen atoms in total. The van der Waals surface area contributed by atoms with Gasteiger partial charge in [0.2, 0.25) is 6.71 Å². The van der Waals surface area contributed by atoms with Gasteiger partial charge in [-0.25, -0.2) is 4.98 Å². The summed E-state index contributed by atoms with van der Waals surface area (Å²) in [7, 11) is 2.23. The lowest BCUT2D eigenvalue weighted by Crippen LogP contribution is -2.54. The Kier molecular flexibility index (Phi) is 12.9. The highest BCUT2D eigenvalue weighted by molar-refractivity contribution is 6.85. The summed E-state index contributed by atoms with van der Waals surface area (Å²) in [6, 6.07) is 74.4. The van der Waals surface area contributed by atoms with Gasteiger partial charge in [0.05, 0.1) is 33.5 Å². The highest BCUT2D eigenvalue weighted by Gasteiger charge is 2.52. The van der Waals surface area contributed by atoms with E-state index in [0.29, 0.717) is 0 Å². The zero-order chi connectivity index (χ0) is 58.8. The van der Waals surface area contributed by atoms with Crippen molar-refractivity contribution in [1.82, 2.24) is 9.55 Å². The molecular weight excluding hydrogens is 1020 g/mol. The van der Waals surface area contributed by atoms with Crippen molar-refractivity contribution in [2.45, 2.75) is 117 Å². The van der Waals surface area contributed by atoms with Gasteiger partial charge < -0.3 is 15.0 Å². The number of fused-ring (bicyclic) bond motifs is 6. The maximum atomic E-state index is 7.29. The van der Waals surface area contributed by atoms with Gasteiger partial charge in [-0.15, -0.1) is 0 Å². The van der Waals surface area contributed by atoms with Crippen LogP contribution in [-0.4, -0.2) is 23.3 Å². The molecule has 1 aliphatic heterocycles. The standard InChI is InChI=1S/C78H77BN4O/c1-74(2,3)51-38-39-80-70(45-51)83-68-37-25-32-62-71(68)72-63(78(62)60-30-18-20-33-64(60)79(13)65-34-21-19-31-61(65)78)47-57(48-69(72)83)84-56-29-24-28-55(46-56)81-66-35-22-23-36-67(66)82(14)73-58(49-26-16-15-17-27-49)43-54(77(10,11)12)44-59(73)50-40-52(75(4,5)6)42-53(41-50)76(7,8)9/h15-48,81H,1-14H3. The highest BCUT2D eigenvalue weighted by atomic mass is 16.5. The van der Waals surface area contributed by atoms with Crippen molar-refractivity contribution in [3.8, 4) is 39.6 Å². The minimum absolute atomic E-state index is 0.0562. The van der Waals surface area contributed by atoms with Crippen LogP contribution in [0.3, 0.4) is 0 Å². The molecule has 13 rings (SSSR count). The molecule has 9 aromatic carbocycles. The lowest BCUT2D eigenvalue weighted by Gasteiger charge is -2.42. The normalized spacial score (nSPS) is 13.7. The number of nitrogens with one attached hydrogen (secondary N) is 1. The Labute approximate surface area is 498 Å². The topological polar surface area (TPSA) is 42.3 Å². The van der Waals surface area contributed by atoms with Crippen LogP contribution >= 0.6 is 0 Å². The minimum Gasteiger partial charge on any atom is -0.457 e. The smallest absolute Gasteiger partial charge is 0.207 e. The summed E-state index contributed by atoms with van der Waals surface area (Å²) < 4.78 is 9.66. The third-order valence-corrected chi connectivity index (χ3v) is 18.2. The lowest BCUT2D eigenvalue weighted by atomic mass is 9.35. The van der Waals surface area contributed by atoms with E-state index < -0.39 is 5.41 Å². The van der Waals surface area contributed by atoms with E-state index in [2.05, 4.69) is 312 Å². The van der Waals surface area contributed by atoms with Gasteiger partial charge in [0.15, 0.2) is 0 Å². The Morgan fingerprint density at radius 1 is 0.464 bits per heavy atom. The third-order valence-electron chi connectivity index (χ3n) is 18.2. The van der Waals surface area contributed by atoms with Gasteiger partial charge in [-0.2, -0.15) is 0 Å². The van der Waals surface area contributed by atoms with E-state index in [1.165, 1.54) is 88.5 Å². The van der Waals surface area contributed by atoms with Gasteiger partial charge in [-0.3, -0.25) is 4.57 Å². The predicted molar refractivity (Wildman–Crippen MR) is 358 cm³/mol. The summed E-state index contributed by atoms with van der Waals surface area (Å²) in [6.45, 7) is 30.3. The average molecular weight is 1100 g/mol. The summed E-state index contributed by atoms with van der Waals surface area (Å²) in [5.41, 5.74) is 23.3. The first-order valence-electron chi connectivity index (χ1n) is 30.1. The van der Waals surface area contributed by atoms with Gasteiger partial charge in [0.1, 0.15) is 17.3 Å². The Morgan fingerprint density at radius 3 is 1.68 bits per heavy atom. The second kappa shape index (κ2) is 19.8. The van der Waals surface area contributed by atoms with Crippen LogP contribution in [0.5, 0.6) is 11.5 Å². The number of hydrogen-bond donors (Lipinski definition) is 1. The monoisotopic (exact) mass is 1100 g/mol. The zero-order valence-corrected chi connectivity index (χ0v) is 51.5. The van der Waals surface area contributed by atoms with Crippen LogP contribution < -0.4 is 25.9 Å². The fourth-order valence-corrected chi connectivity index (χ4v) is 13.6. The number of aromatic nitrogens is 2. The summed E-state index contributed by atoms with van der Waals surface area (Å²) in [5.74, 6) is 2.39. The molecule has 0 saturated heterocycles. The van der Waals surface area contributed by atoms with Crippen molar-refractivity contribution in [3.05, 3.63) is 251 Å². The number of rotatable bonds is 9. The first kappa shape index (κ1) is 54.6. The molecule has 2 aliphatic rings. The van der Waals surface area contributed by atoms with Crippen molar-refractivity contribution in [2.24, 2.45) is 0 Å². The number of hydrogen-bond acceptors (Lipinski definition) is 4. The van der Waals surface area contributed by atoms with Gasteiger partial charge in [-0.1, -0.05) is 228 Å². The quantitative estimate of drug-likeness (QED) is 0.146. The summed E-state index contributed by atoms with van der Waals surface area (Å²) in [6.07, 6.45) is 1.97. The van der Waals surface area contributed by atoms with Crippen LogP contribution in [0.15, 0.2) is 206 Å². The SMILES string of the molecule is CB1c2ccccc2C2(c3ccccc31)c1cccc3c1c1c2cc(Oc2cccc(Nc4ccccc4N(C)c4c(-c5ccccc5)cc(C(C)(C)C)cc4-c4cc(C(C)(C)C)cc(C(C)(C)C)c4)c2)cc1n3-c1cc(C(C)(C)C)ccn1. The van der Waals surface area contributed by atoms with Gasteiger partial charge in [-0.05, 0) is 138 Å². The second-order valence-corrected chi connectivity index (χ2v) is 27.9. The first-order valence-corrected chi connectivity index (χ1v) is 30.1. The molecule has 0 radical (unpaired) electrons. The fraction of sp³-hybridized carbons (Fsp3) is 0.244. The molecule has 1 N–H and O–H groups in total. The molecule has 0 bridgehead atoms. The molecule has 0 fully saturated rings. The molecule has 0 amide bonds. The molecule has 6 heteroatoms. The molecule has 418 valence electrons. The van der Waals surface area contributed by atoms with Crippen LogP contribution in [0.2, 0.25) is 6.82 Å². The molecule has 84 heavy (non-hydrogen) atoms. The number of benzene rings is 9. The number of ether oxygens (including phenoxy) is 1. The Bertz CT molecular complexity index is 4330. The molecule has 11 aromatic rings. The van der Waals surface area contributed by atoms with Crippen LogP contribution in [0.25, 0.3) is 49.9 Å². The second-order valence-electron chi connectivity index (χ2n) is 27.9. The van der Waals surface area contributed by atoms with E-state index in [1.807, 2.05) is 6.20 Å². The van der Waals surface area contributed by atoms with E-state index in [-0.39, 0.29) is 28.4 Å². The largest absolute Gasteiger partial charge is 0.457 e. The van der Waals surface area contributed by atoms with Crippen molar-refractivity contribution < 1.29 is 4.74 Å². The van der Waals surface area contributed by atoms with Crippen molar-refractivity contribution in [3.63, 3.8) is 0 Å². The minimum atomic E-state index is -0.571. The average Bonchev–Trinajstić information content (AvgIpc) is 1.49. The van der Waals surface area contributed by atoms with Crippen molar-refractivity contribution in [1.29, 1.82) is 0 Å². The fourth-order valence-electron chi connectivity index (χ4n) is 13.6. The van der Waals surface area contributed by atoms with Crippen LogP contribution in [-0.2, 0) is 27.1 Å². The summed E-state index contributed by atoms with van der Waals surface area (Å²) >= 11 is 0. The molecule has 0 atom stereocenters. The van der Waals surface area contributed by atoms with Gasteiger partial charge >= 0.3 is 0 Å². The third kappa shape index (κ3) is 9.03. The maximum Gasteiger partial charge on any atom is 0.207 e. The lowest BCUT2D eigenvalue weighted by molar-refractivity contribution is 0.482. The highest BCUT2D eigenvalue weighted by Crippen LogP contribution is 2.59. The Morgan fingerprint density at radius 2 is 1.02 bits per heavy atom. The molecular formula is C78H77BN4O. The van der Waals surface area contributed by atoms with E-state index in [9.17, 15) is 0 Å². The number of pyridine rings is 1. The van der Waals surface area contributed by atoms with Crippen molar-refractivity contribution in [2.75, 3.05) is 17.3 Å². The number of anilines is 4. The van der Waals surface area contributed by atoms with E-state index in [1.54, 1.807) is 0 Å². The molecule has 0 saturated carbocycles. The summed E-state index contributed by atoms with van der Waals surface area (Å²) in [4.78, 5) is 7.53. The maximum absolute atomic E-state index is 7.29. The van der Waals surface area contributed by atoms with E-state index >= 15 is 0 Å². The van der Waals surface area contributed by atoms with E-state index in [0.717, 1.165) is 51.1 Å². The zero-order valence-electron chi connectivity index (χ0n) is 51.5. The molecule has 2 aromatic heterocycles. The van der Waals surface area contributed by atoms with Crippen LogP contribution in [0.1, 0.15) is 128 Å². The first-order chi connectivity index (χ1) is 40.0. The molecule has 1 aliphatic carbocycles. The summed E-state index contributed by atoms with van der Waals surface area (Å²) in [5, 5.41) is 6.43. The molecule has 0 unspecified atom stereocenters. The predicted octanol–water partition coefficient (Wildman–Crippen LogP) is 19.3. The van der Waals surface area contributed by atoms with E-state index in [4.69, 9.17) is 9.72 Å².